The maximum Gasteiger partial charge on any atom is 0.335 e. The van der Waals surface area contributed by atoms with Crippen LogP contribution in [-0.2, 0) is 18.4 Å². The zero-order valence-electron chi connectivity index (χ0n) is 17.4. The lowest BCUT2D eigenvalue weighted by atomic mass is 10.2. The van der Waals surface area contributed by atoms with Crippen LogP contribution in [0, 0.1) is 0 Å². The Bertz CT molecular complexity index is 1230. The van der Waals surface area contributed by atoms with Gasteiger partial charge in [-0.25, -0.2) is 4.79 Å². The van der Waals surface area contributed by atoms with E-state index in [9.17, 15) is 14.4 Å². The molecule has 0 unspecified atom stereocenters. The lowest BCUT2D eigenvalue weighted by Crippen LogP contribution is -2.24. The minimum atomic E-state index is -1.07. The fraction of sp³-hybridized carbons (Fsp3) is 0.190. The summed E-state index contributed by atoms with van der Waals surface area (Å²) < 4.78 is 12.2. The van der Waals surface area contributed by atoms with Gasteiger partial charge in [0.15, 0.2) is 22.5 Å². The highest BCUT2D eigenvalue weighted by Gasteiger charge is 2.17. The van der Waals surface area contributed by atoms with Crippen LogP contribution < -0.4 is 20.1 Å². The number of carboxylic acid groups (broad SMARTS) is 1. The highest BCUT2D eigenvalue weighted by atomic mass is 32.2. The van der Waals surface area contributed by atoms with Gasteiger partial charge in [-0.1, -0.05) is 17.8 Å². The molecule has 2 aromatic carbocycles. The minimum absolute atomic E-state index is 0.0484. The number of nitrogens with zero attached hydrogens (tertiary/aromatic N) is 3. The number of amides is 2. The van der Waals surface area contributed by atoms with Crippen LogP contribution in [0.25, 0.3) is 0 Å². The van der Waals surface area contributed by atoms with Gasteiger partial charge in [0, 0.05) is 18.3 Å². The van der Waals surface area contributed by atoms with Crippen molar-refractivity contribution >= 4 is 35.2 Å². The molecule has 3 N–H and O–H groups in total. The van der Waals surface area contributed by atoms with E-state index < -0.39 is 5.97 Å². The van der Waals surface area contributed by atoms with Gasteiger partial charge in [-0.15, -0.1) is 10.2 Å². The number of benzene rings is 2. The van der Waals surface area contributed by atoms with Crippen molar-refractivity contribution in [1.82, 2.24) is 20.1 Å². The fourth-order valence-corrected chi connectivity index (χ4v) is 3.71. The van der Waals surface area contributed by atoms with Gasteiger partial charge in [0.05, 0.1) is 17.9 Å². The first-order valence-corrected chi connectivity index (χ1v) is 10.7. The van der Waals surface area contributed by atoms with Gasteiger partial charge in [-0.05, 0) is 36.4 Å². The van der Waals surface area contributed by atoms with Crippen molar-refractivity contribution in [2.45, 2.75) is 11.7 Å². The number of carbonyl (C=O) groups excluding carboxylic acids is 2. The number of aromatic carboxylic acids is 1. The molecule has 0 spiro atoms. The molecule has 1 aromatic heterocycles. The third-order valence-electron chi connectivity index (χ3n) is 4.69. The number of carbonyl (C=O) groups is 3. The number of thioether (sulfide) groups is 1. The van der Waals surface area contributed by atoms with E-state index in [4.69, 9.17) is 14.6 Å². The Morgan fingerprint density at radius 1 is 1.09 bits per heavy atom. The molecule has 2 heterocycles. The van der Waals surface area contributed by atoms with Crippen molar-refractivity contribution in [3.63, 3.8) is 0 Å². The molecule has 0 aliphatic carbocycles. The van der Waals surface area contributed by atoms with Crippen LogP contribution in [0.1, 0.15) is 26.5 Å². The Balaban J connectivity index is 1.29. The number of rotatable bonds is 8. The molecule has 3 aromatic rings. The van der Waals surface area contributed by atoms with Gasteiger partial charge in [-0.2, -0.15) is 0 Å². The summed E-state index contributed by atoms with van der Waals surface area (Å²) in [6, 6.07) is 10.9. The summed E-state index contributed by atoms with van der Waals surface area (Å²) in [5.41, 5.74) is 0.909. The number of fused-ring (bicyclic) bond motifs is 1. The van der Waals surface area contributed by atoms with Crippen LogP contribution in [0.15, 0.2) is 47.6 Å². The van der Waals surface area contributed by atoms with E-state index in [-0.39, 0.29) is 36.5 Å². The van der Waals surface area contributed by atoms with Crippen LogP contribution in [0.4, 0.5) is 5.69 Å². The summed E-state index contributed by atoms with van der Waals surface area (Å²) in [5, 5.41) is 23.1. The van der Waals surface area contributed by atoms with E-state index in [1.807, 2.05) is 0 Å². The maximum atomic E-state index is 12.4. The van der Waals surface area contributed by atoms with Crippen LogP contribution in [0.5, 0.6) is 11.5 Å². The van der Waals surface area contributed by atoms with Gasteiger partial charge in [-0.3, -0.25) is 9.59 Å². The first kappa shape index (κ1) is 22.1. The second-order valence-corrected chi connectivity index (χ2v) is 7.87. The predicted molar refractivity (Wildman–Crippen MR) is 117 cm³/mol. The van der Waals surface area contributed by atoms with Gasteiger partial charge >= 0.3 is 5.97 Å². The smallest absolute Gasteiger partial charge is 0.335 e. The molecule has 1 aliphatic heterocycles. The van der Waals surface area contributed by atoms with Crippen LogP contribution in [0.2, 0.25) is 0 Å². The highest BCUT2D eigenvalue weighted by Crippen LogP contribution is 2.32. The highest BCUT2D eigenvalue weighted by molar-refractivity contribution is 7.99. The molecule has 0 bridgehead atoms. The Hall–Kier alpha value is -4.06. The number of hydrogen-bond acceptors (Lipinski definition) is 8. The van der Waals surface area contributed by atoms with Crippen molar-refractivity contribution in [2.75, 3.05) is 17.9 Å². The molecule has 0 fully saturated rings. The van der Waals surface area contributed by atoms with E-state index >= 15 is 0 Å². The molecule has 11 nitrogen and oxygen atoms in total. The fourth-order valence-electron chi connectivity index (χ4n) is 2.98. The van der Waals surface area contributed by atoms with E-state index in [0.717, 1.165) is 0 Å². The molecule has 0 radical (unpaired) electrons. The van der Waals surface area contributed by atoms with E-state index in [1.54, 1.807) is 41.9 Å². The SMILES string of the molecule is Cn1c(CNC(=O)c2ccc3c(c2)OCO3)nnc1SCC(=O)Nc1cccc(C(=O)O)c1. The largest absolute Gasteiger partial charge is 0.478 e. The topological polar surface area (TPSA) is 145 Å². The Kier molecular flexibility index (Phi) is 6.45. The summed E-state index contributed by atoms with van der Waals surface area (Å²) in [5.74, 6) is -0.00375. The third-order valence-corrected chi connectivity index (χ3v) is 5.71. The van der Waals surface area contributed by atoms with Crippen LogP contribution in [-0.4, -0.2) is 50.2 Å². The summed E-state index contributed by atoms with van der Waals surface area (Å²) in [6.07, 6.45) is 0. The average molecular weight is 469 g/mol. The number of nitrogens with one attached hydrogen (secondary N) is 2. The van der Waals surface area contributed by atoms with Gasteiger partial charge < -0.3 is 29.8 Å². The van der Waals surface area contributed by atoms with E-state index in [2.05, 4.69) is 20.8 Å². The Labute approximate surface area is 192 Å². The zero-order valence-corrected chi connectivity index (χ0v) is 18.2. The van der Waals surface area contributed by atoms with Gasteiger partial charge in [0.1, 0.15) is 0 Å². The molecule has 2 amide bonds. The summed E-state index contributed by atoms with van der Waals surface area (Å²) in [7, 11) is 1.73. The summed E-state index contributed by atoms with van der Waals surface area (Å²) in [6.45, 7) is 0.276. The number of carboxylic acids is 1. The van der Waals surface area contributed by atoms with Gasteiger partial charge in [0.25, 0.3) is 5.91 Å². The zero-order chi connectivity index (χ0) is 23.4. The lowest BCUT2D eigenvalue weighted by molar-refractivity contribution is -0.113. The van der Waals surface area contributed by atoms with E-state index in [0.29, 0.717) is 33.7 Å². The predicted octanol–water partition coefficient (Wildman–Crippen LogP) is 1.90. The monoisotopic (exact) mass is 469 g/mol. The maximum absolute atomic E-state index is 12.4. The normalized spacial score (nSPS) is 11.8. The molecular weight excluding hydrogens is 450 g/mol. The van der Waals surface area contributed by atoms with Crippen molar-refractivity contribution in [3.05, 3.63) is 59.4 Å². The summed E-state index contributed by atoms with van der Waals surface area (Å²) >= 11 is 1.17. The lowest BCUT2D eigenvalue weighted by Gasteiger charge is -2.07. The quantitative estimate of drug-likeness (QED) is 0.421. The minimum Gasteiger partial charge on any atom is -0.478 e. The van der Waals surface area contributed by atoms with Gasteiger partial charge in [0.2, 0.25) is 12.7 Å². The van der Waals surface area contributed by atoms with E-state index in [1.165, 1.54) is 23.9 Å². The molecule has 0 atom stereocenters. The molecule has 33 heavy (non-hydrogen) atoms. The summed E-state index contributed by atoms with van der Waals surface area (Å²) in [4.78, 5) is 35.7. The number of ether oxygens (including phenoxy) is 2. The van der Waals surface area contributed by atoms with Crippen molar-refractivity contribution < 1.29 is 29.0 Å². The Morgan fingerprint density at radius 2 is 1.91 bits per heavy atom. The second kappa shape index (κ2) is 9.61. The van der Waals surface area contributed by atoms with Crippen molar-refractivity contribution in [3.8, 4) is 11.5 Å². The van der Waals surface area contributed by atoms with Crippen LogP contribution in [0.3, 0.4) is 0 Å². The molecule has 12 heteroatoms. The van der Waals surface area contributed by atoms with Crippen LogP contribution >= 0.6 is 11.8 Å². The number of anilines is 1. The average Bonchev–Trinajstić information content (AvgIpc) is 3.42. The second-order valence-electron chi connectivity index (χ2n) is 6.93. The van der Waals surface area contributed by atoms with Crippen molar-refractivity contribution in [2.24, 2.45) is 7.05 Å². The van der Waals surface area contributed by atoms with Crippen molar-refractivity contribution in [1.29, 1.82) is 0 Å². The molecule has 1 aliphatic rings. The number of hydrogen-bond donors (Lipinski definition) is 3. The molecular formula is C21H19N5O6S. The first-order valence-electron chi connectivity index (χ1n) is 9.73. The number of aromatic nitrogens is 3. The molecule has 170 valence electrons. The third kappa shape index (κ3) is 5.23. The Morgan fingerprint density at radius 3 is 2.73 bits per heavy atom. The first-order chi connectivity index (χ1) is 15.9. The molecule has 0 saturated carbocycles. The standard InChI is InChI=1S/C21H19N5O6S/c1-26-17(9-22-19(28)12-5-6-15-16(8-12)32-11-31-15)24-25-21(26)33-10-18(27)23-14-4-2-3-13(7-14)20(29)30/h2-8H,9-11H2,1H3,(H,22,28)(H,23,27)(H,29,30). The molecule has 0 saturated heterocycles. The molecule has 4 rings (SSSR count).